The summed E-state index contributed by atoms with van der Waals surface area (Å²) in [6, 6.07) is 9.67. The molecule has 1 aromatic heterocycles. The second kappa shape index (κ2) is 6.69. The fourth-order valence-electron chi connectivity index (χ4n) is 3.32. The fourth-order valence-corrected chi connectivity index (χ4v) is 5.91. The van der Waals surface area contributed by atoms with Crippen LogP contribution < -0.4 is 0 Å². The Morgan fingerprint density at radius 2 is 2.00 bits per heavy atom. The Balaban J connectivity index is 1.96. The molecule has 1 unspecified atom stereocenters. The number of thiophene rings is 1. The molecule has 0 saturated carbocycles. The summed E-state index contributed by atoms with van der Waals surface area (Å²) in [5.74, 6) is 0.189. The molecule has 0 radical (unpaired) electrons. The molecule has 1 aliphatic heterocycles. The van der Waals surface area contributed by atoms with E-state index in [0.717, 1.165) is 16.0 Å². The lowest BCUT2D eigenvalue weighted by molar-refractivity contribution is 0.0709. The summed E-state index contributed by atoms with van der Waals surface area (Å²) in [7, 11) is -3.01. The molecule has 4 nitrogen and oxygen atoms in total. The van der Waals surface area contributed by atoms with Crippen molar-refractivity contribution in [3.63, 3.8) is 0 Å². The predicted octanol–water partition coefficient (Wildman–Crippen LogP) is 3.37. The van der Waals surface area contributed by atoms with Gasteiger partial charge in [-0.15, -0.1) is 11.3 Å². The van der Waals surface area contributed by atoms with Gasteiger partial charge in [0.1, 0.15) is 0 Å². The van der Waals surface area contributed by atoms with Gasteiger partial charge in [0, 0.05) is 28.4 Å². The van der Waals surface area contributed by atoms with E-state index in [1.54, 1.807) is 16.2 Å². The minimum absolute atomic E-state index is 0.0668. The Hall–Kier alpha value is -1.66. The van der Waals surface area contributed by atoms with Crippen molar-refractivity contribution < 1.29 is 13.2 Å². The monoisotopic (exact) mass is 363 g/mol. The molecule has 1 atom stereocenters. The van der Waals surface area contributed by atoms with E-state index in [1.165, 1.54) is 0 Å². The van der Waals surface area contributed by atoms with E-state index >= 15 is 0 Å². The summed E-state index contributed by atoms with van der Waals surface area (Å²) in [6.45, 7) is 4.44. The SMILES string of the molecule is CCN(C(=O)c1csc(C)c1-c1ccccc1)C1CCS(=O)(=O)C1. The topological polar surface area (TPSA) is 54.5 Å². The molecule has 0 spiro atoms. The van der Waals surface area contributed by atoms with Gasteiger partial charge in [-0.25, -0.2) is 8.42 Å². The van der Waals surface area contributed by atoms with Crippen LogP contribution in [-0.2, 0) is 9.84 Å². The largest absolute Gasteiger partial charge is 0.335 e. The predicted molar refractivity (Wildman–Crippen MR) is 98.3 cm³/mol. The van der Waals surface area contributed by atoms with Gasteiger partial charge >= 0.3 is 0 Å². The summed E-state index contributed by atoms with van der Waals surface area (Å²) in [5.41, 5.74) is 2.66. The summed E-state index contributed by atoms with van der Waals surface area (Å²) < 4.78 is 23.6. The second-order valence-corrected chi connectivity index (χ2v) is 9.41. The first-order chi connectivity index (χ1) is 11.4. The first-order valence-electron chi connectivity index (χ1n) is 8.08. The highest BCUT2D eigenvalue weighted by Gasteiger charge is 2.35. The molecular formula is C18H21NO3S2. The highest BCUT2D eigenvalue weighted by Crippen LogP contribution is 2.34. The molecule has 1 saturated heterocycles. The molecule has 0 bridgehead atoms. The average molecular weight is 364 g/mol. The highest BCUT2D eigenvalue weighted by molar-refractivity contribution is 7.91. The Morgan fingerprint density at radius 1 is 1.29 bits per heavy atom. The summed E-state index contributed by atoms with van der Waals surface area (Å²) in [6.07, 6.45) is 0.533. The number of aryl methyl sites for hydroxylation is 1. The Kier molecular flexibility index (Phi) is 4.78. The zero-order valence-electron chi connectivity index (χ0n) is 13.9. The van der Waals surface area contributed by atoms with Crippen LogP contribution in [0.3, 0.4) is 0 Å². The number of rotatable bonds is 4. The molecule has 0 aliphatic carbocycles. The summed E-state index contributed by atoms with van der Waals surface area (Å²) >= 11 is 1.56. The lowest BCUT2D eigenvalue weighted by Crippen LogP contribution is -2.41. The Labute approximate surface area is 147 Å². The quantitative estimate of drug-likeness (QED) is 0.837. The molecule has 3 rings (SSSR count). The van der Waals surface area contributed by atoms with E-state index in [-0.39, 0.29) is 23.5 Å². The molecule has 1 aromatic carbocycles. The van der Waals surface area contributed by atoms with Gasteiger partial charge in [0.2, 0.25) is 0 Å². The molecule has 0 N–H and O–H groups in total. The van der Waals surface area contributed by atoms with Crippen LogP contribution in [0.4, 0.5) is 0 Å². The summed E-state index contributed by atoms with van der Waals surface area (Å²) in [5, 5.41) is 1.89. The Morgan fingerprint density at radius 3 is 2.58 bits per heavy atom. The van der Waals surface area contributed by atoms with Crippen molar-refractivity contribution in [3.05, 3.63) is 46.2 Å². The smallest absolute Gasteiger partial charge is 0.255 e. The molecule has 1 amide bonds. The third-order valence-electron chi connectivity index (χ3n) is 4.52. The standard InChI is InChI=1S/C18H21NO3S2/c1-3-19(15-9-10-24(21,22)12-15)18(20)16-11-23-13(2)17(16)14-7-5-4-6-8-14/h4-8,11,15H,3,9-10,12H2,1-2H3. The number of carbonyl (C=O) groups excluding carboxylic acids is 1. The van der Waals surface area contributed by atoms with Crippen molar-refractivity contribution in [2.24, 2.45) is 0 Å². The van der Waals surface area contributed by atoms with E-state index in [4.69, 9.17) is 0 Å². The zero-order chi connectivity index (χ0) is 17.3. The molecule has 2 heterocycles. The lowest BCUT2D eigenvalue weighted by Gasteiger charge is -2.27. The van der Waals surface area contributed by atoms with E-state index in [9.17, 15) is 13.2 Å². The molecule has 6 heteroatoms. The third kappa shape index (κ3) is 3.26. The first-order valence-corrected chi connectivity index (χ1v) is 10.8. The van der Waals surface area contributed by atoms with Gasteiger partial charge in [-0.05, 0) is 25.8 Å². The lowest BCUT2D eigenvalue weighted by atomic mass is 10.0. The average Bonchev–Trinajstić information content (AvgIpc) is 3.11. The van der Waals surface area contributed by atoms with Crippen molar-refractivity contribution in [2.75, 3.05) is 18.1 Å². The van der Waals surface area contributed by atoms with Gasteiger partial charge in [0.15, 0.2) is 9.84 Å². The number of amides is 1. The Bertz CT molecular complexity index is 840. The zero-order valence-corrected chi connectivity index (χ0v) is 15.5. The normalized spacial score (nSPS) is 19.3. The van der Waals surface area contributed by atoms with Gasteiger partial charge in [0.25, 0.3) is 5.91 Å². The van der Waals surface area contributed by atoms with Crippen molar-refractivity contribution in [1.82, 2.24) is 4.90 Å². The van der Waals surface area contributed by atoms with Gasteiger partial charge in [-0.2, -0.15) is 0 Å². The van der Waals surface area contributed by atoms with Crippen LogP contribution in [0.25, 0.3) is 11.1 Å². The number of sulfone groups is 1. The van der Waals surface area contributed by atoms with E-state index < -0.39 is 9.84 Å². The van der Waals surface area contributed by atoms with Crippen LogP contribution in [0.5, 0.6) is 0 Å². The highest BCUT2D eigenvalue weighted by atomic mass is 32.2. The van der Waals surface area contributed by atoms with Gasteiger partial charge in [-0.1, -0.05) is 30.3 Å². The second-order valence-electron chi connectivity index (χ2n) is 6.09. The van der Waals surface area contributed by atoms with E-state index in [1.807, 2.05) is 49.6 Å². The number of benzene rings is 1. The van der Waals surface area contributed by atoms with E-state index in [2.05, 4.69) is 0 Å². The van der Waals surface area contributed by atoms with Gasteiger partial charge in [0.05, 0.1) is 17.1 Å². The van der Waals surface area contributed by atoms with E-state index in [0.29, 0.717) is 18.5 Å². The molecule has 128 valence electrons. The molecule has 1 aliphatic rings. The minimum Gasteiger partial charge on any atom is -0.335 e. The van der Waals surface area contributed by atoms with Gasteiger partial charge in [-0.3, -0.25) is 4.79 Å². The van der Waals surface area contributed by atoms with Crippen molar-refractivity contribution >= 4 is 27.1 Å². The van der Waals surface area contributed by atoms with Gasteiger partial charge < -0.3 is 4.90 Å². The van der Waals surface area contributed by atoms with Crippen molar-refractivity contribution in [3.8, 4) is 11.1 Å². The van der Waals surface area contributed by atoms with Crippen molar-refractivity contribution in [2.45, 2.75) is 26.3 Å². The number of hydrogen-bond donors (Lipinski definition) is 0. The van der Waals surface area contributed by atoms with Crippen LogP contribution in [0.15, 0.2) is 35.7 Å². The third-order valence-corrected chi connectivity index (χ3v) is 7.18. The number of carbonyl (C=O) groups is 1. The fraction of sp³-hybridized carbons (Fsp3) is 0.389. The first kappa shape index (κ1) is 17.2. The van der Waals surface area contributed by atoms with Crippen LogP contribution in [0.1, 0.15) is 28.6 Å². The number of nitrogens with zero attached hydrogens (tertiary/aromatic N) is 1. The number of hydrogen-bond acceptors (Lipinski definition) is 4. The maximum absolute atomic E-state index is 13.1. The summed E-state index contributed by atoms with van der Waals surface area (Å²) in [4.78, 5) is 15.9. The molecule has 2 aromatic rings. The van der Waals surface area contributed by atoms with Crippen LogP contribution in [-0.4, -0.2) is 43.3 Å². The molecular weight excluding hydrogens is 342 g/mol. The molecule has 1 fully saturated rings. The van der Waals surface area contributed by atoms with Crippen LogP contribution >= 0.6 is 11.3 Å². The molecule has 24 heavy (non-hydrogen) atoms. The maximum atomic E-state index is 13.1. The maximum Gasteiger partial charge on any atom is 0.255 e. The minimum atomic E-state index is -3.01. The van der Waals surface area contributed by atoms with Crippen LogP contribution in [0.2, 0.25) is 0 Å². The van der Waals surface area contributed by atoms with Crippen LogP contribution in [0, 0.1) is 6.92 Å². The van der Waals surface area contributed by atoms with Crippen molar-refractivity contribution in [1.29, 1.82) is 0 Å².